The molecule has 6 heteroatoms. The number of nitrogens with one attached hydrogen (secondary N) is 2. The van der Waals surface area contributed by atoms with Gasteiger partial charge >= 0.3 is 12.1 Å². The summed E-state index contributed by atoms with van der Waals surface area (Å²) in [4.78, 5) is 24.6. The van der Waals surface area contributed by atoms with Crippen LogP contribution >= 0.6 is 0 Å². The van der Waals surface area contributed by atoms with Gasteiger partial charge in [-0.15, -0.1) is 0 Å². The van der Waals surface area contributed by atoms with E-state index in [2.05, 4.69) is 10.6 Å². The van der Waals surface area contributed by atoms with E-state index < -0.39 is 18.1 Å². The Balaban J connectivity index is 2.43. The number of hydrogen-bond donors (Lipinski definition) is 2. The van der Waals surface area contributed by atoms with E-state index in [1.165, 1.54) is 14.2 Å². The van der Waals surface area contributed by atoms with Crippen LogP contribution in [0.5, 0.6) is 0 Å². The van der Waals surface area contributed by atoms with Gasteiger partial charge in [0.15, 0.2) is 0 Å². The Kier molecular flexibility index (Phi) is 7.63. The van der Waals surface area contributed by atoms with Gasteiger partial charge in [0, 0.05) is 12.2 Å². The molecule has 0 spiro atoms. The van der Waals surface area contributed by atoms with Crippen LogP contribution in [0.3, 0.4) is 0 Å². The Morgan fingerprint density at radius 3 is 2.32 bits per heavy atom. The average Bonchev–Trinajstić information content (AvgIpc) is 2.72. The lowest BCUT2D eigenvalue weighted by atomic mass is 9.95. The van der Waals surface area contributed by atoms with E-state index >= 15 is 0 Å². The lowest BCUT2D eigenvalue weighted by Gasteiger charge is -2.23. The van der Waals surface area contributed by atoms with Crippen LogP contribution in [0.4, 0.5) is 4.79 Å². The smallest absolute Gasteiger partial charge is 0.407 e. The zero-order valence-electron chi connectivity index (χ0n) is 16.6. The number of ether oxygens (including phenoxy) is 2. The molecule has 0 fully saturated rings. The summed E-state index contributed by atoms with van der Waals surface area (Å²) in [6, 6.07) is 16.7. The second-order valence-corrected chi connectivity index (χ2v) is 6.35. The Hall–Kier alpha value is -3.28. The number of hydrogen-bond acceptors (Lipinski definition) is 5. The molecule has 0 saturated heterocycles. The number of benzene rings is 2. The monoisotopic (exact) mass is 382 g/mol. The normalized spacial score (nSPS) is 12.4. The van der Waals surface area contributed by atoms with Crippen LogP contribution in [-0.2, 0) is 20.8 Å². The predicted molar refractivity (Wildman–Crippen MR) is 107 cm³/mol. The first-order valence-electron chi connectivity index (χ1n) is 8.94. The van der Waals surface area contributed by atoms with Gasteiger partial charge in [-0.25, -0.2) is 9.59 Å². The van der Waals surface area contributed by atoms with Crippen LogP contribution < -0.4 is 10.6 Å². The highest BCUT2D eigenvalue weighted by molar-refractivity contribution is 5.91. The summed E-state index contributed by atoms with van der Waals surface area (Å²) in [6.45, 7) is 4.27. The fourth-order valence-electron chi connectivity index (χ4n) is 2.87. The van der Waals surface area contributed by atoms with E-state index in [1.54, 1.807) is 6.92 Å². The molecule has 0 aliphatic carbocycles. The van der Waals surface area contributed by atoms with Crippen LogP contribution in [0.1, 0.15) is 29.7 Å². The minimum absolute atomic E-state index is 0.314. The van der Waals surface area contributed by atoms with Gasteiger partial charge < -0.3 is 20.1 Å². The van der Waals surface area contributed by atoms with Crippen molar-refractivity contribution < 1.29 is 19.1 Å². The summed E-state index contributed by atoms with van der Waals surface area (Å²) < 4.78 is 9.76. The van der Waals surface area contributed by atoms with Crippen molar-refractivity contribution in [1.29, 1.82) is 0 Å². The van der Waals surface area contributed by atoms with Crippen molar-refractivity contribution in [3.05, 3.63) is 82.6 Å². The van der Waals surface area contributed by atoms with Gasteiger partial charge in [-0.1, -0.05) is 60.2 Å². The lowest BCUT2D eigenvalue weighted by Crippen LogP contribution is -2.34. The number of esters is 1. The molecular weight excluding hydrogens is 356 g/mol. The van der Waals surface area contributed by atoms with Crippen molar-refractivity contribution in [3.63, 3.8) is 0 Å². The standard InChI is InChI=1S/C22H26N2O4/c1-15-9-8-12-18(13-15)20(24-22(26)28-4)19(21(25)27-3)16(2)23-14-17-10-6-5-7-11-17/h5-13,20,23H,14H2,1-4H3,(H,24,26)/b19-16-/t20-/m0/s1. The number of methoxy groups -OCH3 is 2. The van der Waals surface area contributed by atoms with Gasteiger partial charge in [-0.2, -0.15) is 0 Å². The third kappa shape index (κ3) is 5.61. The molecule has 1 amide bonds. The molecule has 0 heterocycles. The molecule has 0 unspecified atom stereocenters. The first-order valence-corrected chi connectivity index (χ1v) is 8.94. The molecule has 0 aliphatic heterocycles. The third-order valence-electron chi connectivity index (χ3n) is 4.32. The second-order valence-electron chi connectivity index (χ2n) is 6.35. The highest BCUT2D eigenvalue weighted by atomic mass is 16.5. The van der Waals surface area contributed by atoms with Gasteiger partial charge in [0.25, 0.3) is 0 Å². The molecule has 0 saturated carbocycles. The molecule has 0 radical (unpaired) electrons. The third-order valence-corrected chi connectivity index (χ3v) is 4.32. The minimum atomic E-state index is -0.719. The van der Waals surface area contributed by atoms with Crippen molar-refractivity contribution in [2.45, 2.75) is 26.4 Å². The maximum absolute atomic E-state index is 12.6. The summed E-state index contributed by atoms with van der Waals surface area (Å²) in [6.07, 6.45) is -0.635. The largest absolute Gasteiger partial charge is 0.466 e. The predicted octanol–water partition coefficient (Wildman–Crippen LogP) is 3.63. The fraction of sp³-hybridized carbons (Fsp3) is 0.273. The molecule has 0 aliphatic rings. The average molecular weight is 382 g/mol. The first kappa shape index (κ1) is 21.0. The molecule has 6 nitrogen and oxygen atoms in total. The number of carbonyl (C=O) groups excluding carboxylic acids is 2. The minimum Gasteiger partial charge on any atom is -0.466 e. The van der Waals surface area contributed by atoms with Crippen molar-refractivity contribution in [3.8, 4) is 0 Å². The summed E-state index contributed by atoms with van der Waals surface area (Å²) in [7, 11) is 2.60. The van der Waals surface area contributed by atoms with Crippen LogP contribution in [0.2, 0.25) is 0 Å². The zero-order valence-corrected chi connectivity index (χ0v) is 16.6. The molecule has 0 aromatic heterocycles. The number of aryl methyl sites for hydroxylation is 1. The summed E-state index contributed by atoms with van der Waals surface area (Å²) in [5.74, 6) is -0.527. The highest BCUT2D eigenvalue weighted by Gasteiger charge is 2.28. The number of carbonyl (C=O) groups is 2. The molecule has 0 bridgehead atoms. The van der Waals surface area contributed by atoms with Gasteiger partial charge in [0.05, 0.1) is 25.8 Å². The van der Waals surface area contributed by atoms with Crippen LogP contribution in [-0.4, -0.2) is 26.3 Å². The number of amides is 1. The number of rotatable bonds is 7. The highest BCUT2D eigenvalue weighted by Crippen LogP contribution is 2.26. The zero-order chi connectivity index (χ0) is 20.5. The molecule has 148 valence electrons. The topological polar surface area (TPSA) is 76.7 Å². The van der Waals surface area contributed by atoms with E-state index in [4.69, 9.17) is 9.47 Å². The molecule has 28 heavy (non-hydrogen) atoms. The fourth-order valence-corrected chi connectivity index (χ4v) is 2.87. The van der Waals surface area contributed by atoms with Crippen molar-refractivity contribution in [1.82, 2.24) is 10.6 Å². The van der Waals surface area contributed by atoms with Gasteiger partial charge in [0.2, 0.25) is 0 Å². The van der Waals surface area contributed by atoms with Gasteiger partial charge in [-0.05, 0) is 25.0 Å². The number of allylic oxidation sites excluding steroid dienone is 1. The maximum Gasteiger partial charge on any atom is 0.407 e. The van der Waals surface area contributed by atoms with Gasteiger partial charge in [-0.3, -0.25) is 0 Å². The maximum atomic E-state index is 12.6. The SMILES string of the molecule is COC(=O)N[C@H](/C(C(=O)OC)=C(\C)NCc1ccccc1)c1cccc(C)c1. The molecule has 2 aromatic rings. The summed E-state index contributed by atoms with van der Waals surface area (Å²) >= 11 is 0. The van der Waals surface area contributed by atoms with E-state index in [9.17, 15) is 9.59 Å². The van der Waals surface area contributed by atoms with E-state index in [0.717, 1.165) is 16.7 Å². The molecule has 2 aromatic carbocycles. The second kappa shape index (κ2) is 10.2. The Morgan fingerprint density at radius 2 is 1.71 bits per heavy atom. The van der Waals surface area contributed by atoms with Crippen molar-refractivity contribution in [2.75, 3.05) is 14.2 Å². The van der Waals surface area contributed by atoms with Crippen molar-refractivity contribution >= 4 is 12.1 Å². The van der Waals surface area contributed by atoms with E-state index in [1.807, 2.05) is 61.5 Å². The van der Waals surface area contributed by atoms with Crippen LogP contribution in [0.25, 0.3) is 0 Å². The molecular formula is C22H26N2O4. The van der Waals surface area contributed by atoms with E-state index in [0.29, 0.717) is 17.8 Å². The summed E-state index contributed by atoms with van der Waals surface area (Å²) in [5, 5.41) is 6.00. The van der Waals surface area contributed by atoms with E-state index in [-0.39, 0.29) is 0 Å². The van der Waals surface area contributed by atoms with Crippen LogP contribution in [0.15, 0.2) is 65.9 Å². The molecule has 1 atom stereocenters. The number of alkyl carbamates (subject to hydrolysis) is 1. The first-order chi connectivity index (χ1) is 13.5. The van der Waals surface area contributed by atoms with Crippen molar-refractivity contribution in [2.24, 2.45) is 0 Å². The van der Waals surface area contributed by atoms with Gasteiger partial charge in [0.1, 0.15) is 0 Å². The molecule has 2 N–H and O–H groups in total. The van der Waals surface area contributed by atoms with Crippen LogP contribution in [0, 0.1) is 6.92 Å². The quantitative estimate of drug-likeness (QED) is 0.565. The Labute approximate surface area is 165 Å². The Morgan fingerprint density at radius 1 is 1.00 bits per heavy atom. The Bertz CT molecular complexity index is 847. The lowest BCUT2D eigenvalue weighted by molar-refractivity contribution is -0.136. The molecule has 2 rings (SSSR count). The summed E-state index contributed by atoms with van der Waals surface area (Å²) in [5.41, 5.74) is 3.76.